The van der Waals surface area contributed by atoms with Crippen LogP contribution in [0.5, 0.6) is 0 Å². The van der Waals surface area contributed by atoms with Crippen LogP contribution in [-0.2, 0) is 4.74 Å². The van der Waals surface area contributed by atoms with Crippen LogP contribution in [-0.4, -0.2) is 42.0 Å². The summed E-state index contributed by atoms with van der Waals surface area (Å²) < 4.78 is 6.98. The molecule has 1 amide bonds. The molecule has 4 rings (SSSR count). The van der Waals surface area contributed by atoms with E-state index in [0.29, 0.717) is 29.6 Å². The molecule has 144 valence electrons. The fourth-order valence-corrected chi connectivity index (χ4v) is 3.65. The minimum atomic E-state index is -0.274. The number of anilines is 2. The largest absolute Gasteiger partial charge is 0.378 e. The Labute approximate surface area is 168 Å². The second kappa shape index (κ2) is 8.04. The van der Waals surface area contributed by atoms with Gasteiger partial charge in [0.25, 0.3) is 5.91 Å². The van der Waals surface area contributed by atoms with Crippen molar-refractivity contribution in [1.82, 2.24) is 9.78 Å². The third-order valence-electron chi connectivity index (χ3n) is 4.71. The van der Waals surface area contributed by atoms with Gasteiger partial charge in [0, 0.05) is 24.5 Å². The van der Waals surface area contributed by atoms with Crippen LogP contribution in [0.4, 0.5) is 11.4 Å². The van der Waals surface area contributed by atoms with Crippen molar-refractivity contribution in [2.24, 2.45) is 0 Å². The van der Waals surface area contributed by atoms with Crippen LogP contribution >= 0.6 is 11.6 Å². The van der Waals surface area contributed by atoms with Crippen molar-refractivity contribution in [1.29, 1.82) is 0 Å². The SMILES string of the molecule is Cc1nn(-c2ccccc2)c(Cl)c1C(=O)Nc1cccc(N2CCOCC2)c1. The number of carbonyl (C=O) groups excluding carboxylic acids is 1. The summed E-state index contributed by atoms with van der Waals surface area (Å²) in [6.45, 7) is 4.89. The molecule has 1 aliphatic rings. The number of rotatable bonds is 4. The van der Waals surface area contributed by atoms with E-state index in [4.69, 9.17) is 16.3 Å². The highest BCUT2D eigenvalue weighted by Gasteiger charge is 2.21. The Hall–Kier alpha value is -2.83. The normalized spacial score (nSPS) is 14.1. The lowest BCUT2D eigenvalue weighted by Crippen LogP contribution is -2.36. The summed E-state index contributed by atoms with van der Waals surface area (Å²) in [6.07, 6.45) is 0. The Bertz CT molecular complexity index is 981. The molecule has 2 heterocycles. The third kappa shape index (κ3) is 3.74. The Balaban J connectivity index is 1.57. The number of nitrogens with zero attached hydrogens (tertiary/aromatic N) is 3. The van der Waals surface area contributed by atoms with E-state index in [2.05, 4.69) is 15.3 Å². The molecule has 3 aromatic rings. The van der Waals surface area contributed by atoms with Gasteiger partial charge < -0.3 is 15.0 Å². The van der Waals surface area contributed by atoms with Gasteiger partial charge in [-0.1, -0.05) is 35.9 Å². The first-order chi connectivity index (χ1) is 13.6. The zero-order valence-electron chi connectivity index (χ0n) is 15.6. The molecule has 1 saturated heterocycles. The molecular weight excluding hydrogens is 376 g/mol. The summed E-state index contributed by atoms with van der Waals surface area (Å²) >= 11 is 6.50. The number of halogens is 1. The fraction of sp³-hybridized carbons (Fsp3) is 0.238. The van der Waals surface area contributed by atoms with Crippen LogP contribution in [0.25, 0.3) is 5.69 Å². The fourth-order valence-electron chi connectivity index (χ4n) is 3.29. The first-order valence-corrected chi connectivity index (χ1v) is 9.56. The number of aryl methyl sites for hydroxylation is 1. The molecule has 0 atom stereocenters. The number of hydrogen-bond acceptors (Lipinski definition) is 4. The molecule has 1 N–H and O–H groups in total. The lowest BCUT2D eigenvalue weighted by atomic mass is 10.2. The van der Waals surface area contributed by atoms with Crippen LogP contribution in [0.1, 0.15) is 16.1 Å². The van der Waals surface area contributed by atoms with Crippen LogP contribution in [0.2, 0.25) is 5.15 Å². The second-order valence-corrected chi connectivity index (χ2v) is 6.96. The molecule has 0 saturated carbocycles. The zero-order valence-corrected chi connectivity index (χ0v) is 16.3. The molecule has 6 nitrogen and oxygen atoms in total. The number of ether oxygens (including phenoxy) is 1. The summed E-state index contributed by atoms with van der Waals surface area (Å²) in [5.74, 6) is -0.274. The van der Waals surface area contributed by atoms with E-state index in [1.165, 1.54) is 0 Å². The lowest BCUT2D eigenvalue weighted by molar-refractivity contribution is 0.102. The highest BCUT2D eigenvalue weighted by atomic mass is 35.5. The highest BCUT2D eigenvalue weighted by Crippen LogP contribution is 2.26. The summed E-state index contributed by atoms with van der Waals surface area (Å²) in [4.78, 5) is 15.1. The van der Waals surface area contributed by atoms with E-state index >= 15 is 0 Å². The first-order valence-electron chi connectivity index (χ1n) is 9.18. The number of aromatic nitrogens is 2. The van der Waals surface area contributed by atoms with Gasteiger partial charge in [-0.15, -0.1) is 0 Å². The number of hydrogen-bond donors (Lipinski definition) is 1. The Kier molecular flexibility index (Phi) is 5.32. The molecule has 1 aromatic heterocycles. The number of nitrogens with one attached hydrogen (secondary N) is 1. The van der Waals surface area contributed by atoms with Crippen LogP contribution in [0, 0.1) is 6.92 Å². The molecular formula is C21H21ClN4O2. The van der Waals surface area contributed by atoms with Gasteiger partial charge in [0.2, 0.25) is 0 Å². The summed E-state index contributed by atoms with van der Waals surface area (Å²) in [6, 6.07) is 17.3. The van der Waals surface area contributed by atoms with Crippen molar-refractivity contribution in [2.75, 3.05) is 36.5 Å². The Morgan fingerprint density at radius 2 is 1.79 bits per heavy atom. The van der Waals surface area contributed by atoms with E-state index in [1.54, 1.807) is 11.6 Å². The molecule has 0 radical (unpaired) electrons. The van der Waals surface area contributed by atoms with Gasteiger partial charge in [0.1, 0.15) is 10.7 Å². The molecule has 0 unspecified atom stereocenters. The summed E-state index contributed by atoms with van der Waals surface area (Å²) in [7, 11) is 0. The van der Waals surface area contributed by atoms with E-state index in [-0.39, 0.29) is 5.91 Å². The van der Waals surface area contributed by atoms with Gasteiger partial charge in [0.05, 0.1) is 24.6 Å². The molecule has 1 aliphatic heterocycles. The van der Waals surface area contributed by atoms with Crippen LogP contribution in [0.3, 0.4) is 0 Å². The quantitative estimate of drug-likeness (QED) is 0.726. The van der Waals surface area contributed by atoms with Crippen LogP contribution < -0.4 is 10.2 Å². The van der Waals surface area contributed by atoms with Crippen LogP contribution in [0.15, 0.2) is 54.6 Å². The minimum absolute atomic E-state index is 0.274. The number of para-hydroxylation sites is 1. The average molecular weight is 397 g/mol. The lowest BCUT2D eigenvalue weighted by Gasteiger charge is -2.29. The monoisotopic (exact) mass is 396 g/mol. The Morgan fingerprint density at radius 3 is 2.54 bits per heavy atom. The van der Waals surface area contributed by atoms with Gasteiger partial charge in [-0.25, -0.2) is 4.68 Å². The van der Waals surface area contributed by atoms with E-state index in [1.807, 2.05) is 54.6 Å². The van der Waals surface area contributed by atoms with Gasteiger partial charge in [-0.05, 0) is 37.3 Å². The first kappa shape index (κ1) is 18.5. The van der Waals surface area contributed by atoms with Gasteiger partial charge in [0.15, 0.2) is 0 Å². The second-order valence-electron chi connectivity index (χ2n) is 6.60. The van der Waals surface area contributed by atoms with Crippen molar-refractivity contribution in [3.8, 4) is 5.69 Å². The maximum absolute atomic E-state index is 12.9. The van der Waals surface area contributed by atoms with Gasteiger partial charge in [-0.2, -0.15) is 5.10 Å². The van der Waals surface area contributed by atoms with E-state index < -0.39 is 0 Å². The molecule has 28 heavy (non-hydrogen) atoms. The standard InChI is InChI=1S/C21H21ClN4O2/c1-15-19(20(22)26(24-15)17-7-3-2-4-8-17)21(27)23-16-6-5-9-18(14-16)25-10-12-28-13-11-25/h2-9,14H,10-13H2,1H3,(H,23,27). The van der Waals surface area contributed by atoms with Crippen molar-refractivity contribution < 1.29 is 9.53 Å². The molecule has 1 fully saturated rings. The Morgan fingerprint density at radius 1 is 1.07 bits per heavy atom. The third-order valence-corrected chi connectivity index (χ3v) is 5.06. The maximum atomic E-state index is 12.9. The van der Waals surface area contributed by atoms with Crippen molar-refractivity contribution in [3.05, 3.63) is 71.0 Å². The molecule has 0 bridgehead atoms. The van der Waals surface area contributed by atoms with Crippen molar-refractivity contribution >= 4 is 28.9 Å². The number of morpholine rings is 1. The van der Waals surface area contributed by atoms with E-state index in [9.17, 15) is 4.79 Å². The minimum Gasteiger partial charge on any atom is -0.378 e. The number of benzene rings is 2. The molecule has 7 heteroatoms. The van der Waals surface area contributed by atoms with E-state index in [0.717, 1.165) is 30.2 Å². The highest BCUT2D eigenvalue weighted by molar-refractivity contribution is 6.34. The predicted molar refractivity (Wildman–Crippen MR) is 111 cm³/mol. The average Bonchev–Trinajstić information content (AvgIpc) is 3.03. The van der Waals surface area contributed by atoms with Crippen molar-refractivity contribution in [2.45, 2.75) is 6.92 Å². The molecule has 2 aromatic carbocycles. The maximum Gasteiger partial charge on any atom is 0.260 e. The smallest absolute Gasteiger partial charge is 0.260 e. The summed E-state index contributed by atoms with van der Waals surface area (Å²) in [5, 5.41) is 7.68. The number of carbonyl (C=O) groups is 1. The topological polar surface area (TPSA) is 59.4 Å². The molecule has 0 spiro atoms. The number of amides is 1. The molecule has 0 aliphatic carbocycles. The predicted octanol–water partition coefficient (Wildman–Crippen LogP) is 3.92. The van der Waals surface area contributed by atoms with Gasteiger partial charge >= 0.3 is 0 Å². The summed E-state index contributed by atoms with van der Waals surface area (Å²) in [5.41, 5.74) is 3.54. The van der Waals surface area contributed by atoms with Crippen molar-refractivity contribution in [3.63, 3.8) is 0 Å². The van der Waals surface area contributed by atoms with Gasteiger partial charge in [-0.3, -0.25) is 4.79 Å². The zero-order chi connectivity index (χ0) is 19.5.